The molecule has 0 fully saturated rings. The monoisotopic (exact) mass is 380 g/mol. The standard InChI is InChI=1S/C21H28N6O/c1-6-17-18(12-27(7-2)21(17)28)20(22-4)23-14(3)15-8-10-16(11-9-15)19-13-26(5)25-24-19/h8-11,13-14H,6-7,12H2,1-5H3,(H,22,23). The van der Waals surface area contributed by atoms with Crippen molar-refractivity contribution < 1.29 is 4.79 Å². The van der Waals surface area contributed by atoms with Gasteiger partial charge in [-0.05, 0) is 25.8 Å². The maximum absolute atomic E-state index is 12.5. The van der Waals surface area contributed by atoms with Crippen LogP contribution in [0.3, 0.4) is 0 Å². The van der Waals surface area contributed by atoms with Crippen LogP contribution in [0.25, 0.3) is 11.3 Å². The second kappa shape index (κ2) is 8.37. The van der Waals surface area contributed by atoms with Crippen LogP contribution in [0.2, 0.25) is 0 Å². The highest BCUT2D eigenvalue weighted by Gasteiger charge is 2.30. The molecule has 0 saturated carbocycles. The molecule has 148 valence electrons. The van der Waals surface area contributed by atoms with Gasteiger partial charge in [0, 0.05) is 43.4 Å². The number of amides is 1. The number of carbonyl (C=O) groups excluding carboxylic acids is 1. The van der Waals surface area contributed by atoms with Gasteiger partial charge in [-0.25, -0.2) is 0 Å². The van der Waals surface area contributed by atoms with Crippen LogP contribution >= 0.6 is 0 Å². The van der Waals surface area contributed by atoms with Crippen molar-refractivity contribution >= 4 is 11.7 Å². The Morgan fingerprint density at radius 1 is 1.29 bits per heavy atom. The van der Waals surface area contributed by atoms with Crippen LogP contribution in [0.1, 0.15) is 38.8 Å². The minimum atomic E-state index is 0.0611. The molecule has 1 aliphatic heterocycles. The van der Waals surface area contributed by atoms with Gasteiger partial charge in [0.05, 0.1) is 12.7 Å². The predicted octanol–water partition coefficient (Wildman–Crippen LogP) is 2.73. The van der Waals surface area contributed by atoms with Gasteiger partial charge in [-0.2, -0.15) is 0 Å². The number of amidine groups is 1. The Morgan fingerprint density at radius 2 is 2.00 bits per heavy atom. The van der Waals surface area contributed by atoms with Crippen LogP contribution in [0, 0.1) is 0 Å². The maximum Gasteiger partial charge on any atom is 0.250 e. The first-order valence-corrected chi connectivity index (χ1v) is 9.70. The van der Waals surface area contributed by atoms with Crippen molar-refractivity contribution in [3.8, 4) is 11.3 Å². The largest absolute Gasteiger partial charge is 0.364 e. The molecular weight excluding hydrogens is 352 g/mol. The molecule has 1 aliphatic rings. The highest BCUT2D eigenvalue weighted by atomic mass is 16.2. The quantitative estimate of drug-likeness (QED) is 0.618. The molecule has 7 nitrogen and oxygen atoms in total. The number of hydrogen-bond donors (Lipinski definition) is 1. The number of carbonyl (C=O) groups is 1. The van der Waals surface area contributed by atoms with Crippen LogP contribution in [-0.2, 0) is 11.8 Å². The molecule has 2 aromatic rings. The third kappa shape index (κ3) is 3.83. The van der Waals surface area contributed by atoms with Gasteiger partial charge in [0.15, 0.2) is 0 Å². The average Bonchev–Trinajstić information content (AvgIpc) is 3.28. The van der Waals surface area contributed by atoms with Gasteiger partial charge in [-0.1, -0.05) is 36.4 Å². The summed E-state index contributed by atoms with van der Waals surface area (Å²) in [5.74, 6) is 0.926. The zero-order valence-corrected chi connectivity index (χ0v) is 17.2. The van der Waals surface area contributed by atoms with Crippen molar-refractivity contribution in [2.24, 2.45) is 12.0 Å². The number of aromatic nitrogens is 3. The van der Waals surface area contributed by atoms with E-state index in [0.717, 1.165) is 33.8 Å². The summed E-state index contributed by atoms with van der Waals surface area (Å²) in [6.45, 7) is 7.46. The first-order chi connectivity index (χ1) is 13.5. The summed E-state index contributed by atoms with van der Waals surface area (Å²) in [5.41, 5.74) is 4.90. The zero-order chi connectivity index (χ0) is 20.3. The lowest BCUT2D eigenvalue weighted by molar-refractivity contribution is -0.125. The fourth-order valence-corrected chi connectivity index (χ4v) is 3.51. The number of benzene rings is 1. The highest BCUT2D eigenvalue weighted by molar-refractivity contribution is 6.10. The van der Waals surface area contributed by atoms with Gasteiger partial charge in [0.2, 0.25) is 0 Å². The first-order valence-electron chi connectivity index (χ1n) is 9.70. The van der Waals surface area contributed by atoms with E-state index in [0.29, 0.717) is 19.5 Å². The Morgan fingerprint density at radius 3 is 2.54 bits per heavy atom. The number of aryl methyl sites for hydroxylation is 1. The number of likely N-dealkylation sites (N-methyl/N-ethyl adjacent to an activating group) is 1. The molecule has 28 heavy (non-hydrogen) atoms. The fraction of sp³-hybridized carbons (Fsp3) is 0.429. The molecule has 0 spiro atoms. The van der Waals surface area contributed by atoms with E-state index in [-0.39, 0.29) is 11.9 Å². The smallest absolute Gasteiger partial charge is 0.250 e. The van der Waals surface area contributed by atoms with Gasteiger partial charge < -0.3 is 10.2 Å². The minimum absolute atomic E-state index is 0.0611. The third-order valence-electron chi connectivity index (χ3n) is 5.17. The van der Waals surface area contributed by atoms with E-state index in [1.54, 1.807) is 11.7 Å². The number of hydrogen-bond acceptors (Lipinski definition) is 4. The molecule has 7 heteroatoms. The Balaban J connectivity index is 1.76. The molecule has 1 aromatic heterocycles. The zero-order valence-electron chi connectivity index (χ0n) is 17.2. The van der Waals surface area contributed by atoms with Crippen molar-refractivity contribution in [2.75, 3.05) is 20.1 Å². The van der Waals surface area contributed by atoms with Gasteiger partial charge in [0.1, 0.15) is 11.5 Å². The Kier molecular flexibility index (Phi) is 5.92. The van der Waals surface area contributed by atoms with Crippen molar-refractivity contribution in [2.45, 2.75) is 33.2 Å². The number of nitrogens with one attached hydrogen (secondary N) is 1. The lowest BCUT2D eigenvalue weighted by Crippen LogP contribution is -2.31. The molecule has 0 radical (unpaired) electrons. The second-order valence-corrected chi connectivity index (χ2v) is 6.97. The topological polar surface area (TPSA) is 75.4 Å². The van der Waals surface area contributed by atoms with Crippen molar-refractivity contribution in [3.05, 3.63) is 47.2 Å². The van der Waals surface area contributed by atoms with Crippen molar-refractivity contribution in [1.82, 2.24) is 25.2 Å². The summed E-state index contributed by atoms with van der Waals surface area (Å²) in [7, 11) is 3.63. The highest BCUT2D eigenvalue weighted by Crippen LogP contribution is 2.24. The molecular formula is C21H28N6O. The number of aliphatic imine (C=N–C) groups is 1. The predicted molar refractivity (Wildman–Crippen MR) is 111 cm³/mol. The van der Waals surface area contributed by atoms with E-state index < -0.39 is 0 Å². The number of nitrogens with zero attached hydrogens (tertiary/aromatic N) is 5. The van der Waals surface area contributed by atoms with Crippen molar-refractivity contribution in [1.29, 1.82) is 0 Å². The molecule has 1 atom stereocenters. The van der Waals surface area contributed by atoms with Crippen LogP contribution in [-0.4, -0.2) is 51.8 Å². The van der Waals surface area contributed by atoms with Gasteiger partial charge in [-0.15, -0.1) is 5.10 Å². The second-order valence-electron chi connectivity index (χ2n) is 6.97. The lowest BCUT2D eigenvalue weighted by atomic mass is 10.0. The summed E-state index contributed by atoms with van der Waals surface area (Å²) in [4.78, 5) is 18.8. The third-order valence-corrected chi connectivity index (χ3v) is 5.17. The summed E-state index contributed by atoms with van der Waals surface area (Å²) >= 11 is 0. The normalized spacial score (nSPS) is 16.1. The van der Waals surface area contributed by atoms with Crippen LogP contribution in [0.4, 0.5) is 0 Å². The van der Waals surface area contributed by atoms with Gasteiger partial charge >= 0.3 is 0 Å². The Labute approximate surface area is 166 Å². The lowest BCUT2D eigenvalue weighted by Gasteiger charge is -2.19. The molecule has 1 aromatic carbocycles. The molecule has 0 aliphatic carbocycles. The molecule has 2 heterocycles. The van der Waals surface area contributed by atoms with Crippen LogP contribution in [0.5, 0.6) is 0 Å². The van der Waals surface area contributed by atoms with Crippen molar-refractivity contribution in [3.63, 3.8) is 0 Å². The van der Waals surface area contributed by atoms with E-state index >= 15 is 0 Å². The summed E-state index contributed by atoms with van der Waals surface area (Å²) < 4.78 is 1.69. The first kappa shape index (κ1) is 19.8. The molecule has 1 unspecified atom stereocenters. The van der Waals surface area contributed by atoms with Crippen LogP contribution < -0.4 is 5.32 Å². The molecule has 3 rings (SSSR count). The maximum atomic E-state index is 12.5. The van der Waals surface area contributed by atoms with Gasteiger partial charge in [-0.3, -0.25) is 14.5 Å². The summed E-state index contributed by atoms with van der Waals surface area (Å²) in [5, 5.41) is 11.6. The average molecular weight is 380 g/mol. The van der Waals surface area contributed by atoms with E-state index in [1.165, 1.54) is 0 Å². The summed E-state index contributed by atoms with van der Waals surface area (Å²) in [6.07, 6.45) is 2.61. The minimum Gasteiger partial charge on any atom is -0.364 e. The van der Waals surface area contributed by atoms with E-state index in [1.807, 2.05) is 32.0 Å². The Bertz CT molecular complexity index is 909. The van der Waals surface area contributed by atoms with E-state index in [9.17, 15) is 4.79 Å². The SMILES string of the molecule is CCC1=C(C(=NC)NC(C)c2ccc(-c3cn(C)nn3)cc2)CN(CC)C1=O. The molecule has 1 amide bonds. The number of rotatable bonds is 6. The summed E-state index contributed by atoms with van der Waals surface area (Å²) in [6, 6.07) is 8.33. The van der Waals surface area contributed by atoms with Crippen LogP contribution in [0.15, 0.2) is 46.6 Å². The fourth-order valence-electron chi connectivity index (χ4n) is 3.51. The van der Waals surface area contributed by atoms with E-state index in [4.69, 9.17) is 0 Å². The Hall–Kier alpha value is -2.96. The molecule has 0 bridgehead atoms. The molecule has 0 saturated heterocycles. The van der Waals surface area contributed by atoms with E-state index in [2.05, 4.69) is 51.8 Å². The van der Waals surface area contributed by atoms with Gasteiger partial charge in [0.25, 0.3) is 5.91 Å². The molecule has 1 N–H and O–H groups in total.